The summed E-state index contributed by atoms with van der Waals surface area (Å²) in [7, 11) is 0. The molecule has 1 unspecified atom stereocenters. The maximum absolute atomic E-state index is 13.0. The molecule has 0 radical (unpaired) electrons. The Kier molecular flexibility index (Phi) is 6.43. The van der Waals surface area contributed by atoms with Crippen molar-refractivity contribution in [1.29, 1.82) is 0 Å². The number of amides is 2. The number of halogens is 2. The second kappa shape index (κ2) is 9.40. The van der Waals surface area contributed by atoms with Gasteiger partial charge in [0.2, 0.25) is 5.01 Å². The van der Waals surface area contributed by atoms with Crippen molar-refractivity contribution in [2.45, 2.75) is 18.9 Å². The number of carbonyl (C=O) groups is 2. The van der Waals surface area contributed by atoms with Gasteiger partial charge in [-0.1, -0.05) is 22.9 Å². The zero-order valence-electron chi connectivity index (χ0n) is 16.3. The van der Waals surface area contributed by atoms with Crippen LogP contribution in [0, 0.1) is 5.82 Å². The summed E-state index contributed by atoms with van der Waals surface area (Å²) in [6.07, 6.45) is 1.56. The molecule has 31 heavy (non-hydrogen) atoms. The van der Waals surface area contributed by atoms with Gasteiger partial charge in [-0.15, -0.1) is 10.2 Å². The quantitative estimate of drug-likeness (QED) is 0.592. The Labute approximate surface area is 186 Å². The molecular formula is C21H18ClFN4O3S. The maximum Gasteiger partial charge on any atom is 0.286 e. The molecule has 2 amide bonds. The summed E-state index contributed by atoms with van der Waals surface area (Å²) >= 11 is 6.99. The van der Waals surface area contributed by atoms with E-state index in [4.69, 9.17) is 16.3 Å². The summed E-state index contributed by atoms with van der Waals surface area (Å²) in [4.78, 5) is 26.8. The van der Waals surface area contributed by atoms with Crippen LogP contribution in [0.1, 0.15) is 33.7 Å². The molecular weight excluding hydrogens is 443 g/mol. The molecule has 4 rings (SSSR count). The number of nitrogens with zero attached hydrogens (tertiary/aromatic N) is 3. The van der Waals surface area contributed by atoms with E-state index in [-0.39, 0.29) is 29.4 Å². The monoisotopic (exact) mass is 460 g/mol. The molecule has 1 saturated heterocycles. The lowest BCUT2D eigenvalue weighted by atomic mass is 10.2. The number of benzene rings is 2. The standard InChI is InChI=1S/C21H18ClFN4O3S/c22-13-3-9-16(10-4-13)30-12-18(28)27-11-1-2-17(27)20-25-26-21(31-20)19(29)24-15-7-5-14(23)6-8-15/h3-10,17H,1-2,11-12H2,(H,24,29). The number of rotatable bonds is 6. The number of anilines is 1. The van der Waals surface area contributed by atoms with Crippen molar-refractivity contribution >= 4 is 40.4 Å². The first-order chi connectivity index (χ1) is 15.0. The molecule has 10 heteroatoms. The van der Waals surface area contributed by atoms with Crippen LogP contribution in [-0.2, 0) is 4.79 Å². The summed E-state index contributed by atoms with van der Waals surface area (Å²) in [6.45, 7) is 0.485. The molecule has 1 fully saturated rings. The second-order valence-electron chi connectivity index (χ2n) is 6.89. The Hall–Kier alpha value is -3.04. The number of hydrogen-bond acceptors (Lipinski definition) is 6. The fourth-order valence-electron chi connectivity index (χ4n) is 3.26. The Morgan fingerprint density at radius 3 is 2.65 bits per heavy atom. The zero-order valence-corrected chi connectivity index (χ0v) is 17.8. The van der Waals surface area contributed by atoms with Gasteiger partial charge in [-0.3, -0.25) is 9.59 Å². The summed E-state index contributed by atoms with van der Waals surface area (Å²) in [5, 5.41) is 12.1. The molecule has 160 valence electrons. The largest absolute Gasteiger partial charge is 0.484 e. The van der Waals surface area contributed by atoms with E-state index in [1.54, 1.807) is 29.2 Å². The Morgan fingerprint density at radius 1 is 1.16 bits per heavy atom. The third-order valence-corrected chi connectivity index (χ3v) is 6.05. The first-order valence-corrected chi connectivity index (χ1v) is 10.8. The molecule has 0 saturated carbocycles. The maximum atomic E-state index is 13.0. The van der Waals surface area contributed by atoms with Crippen molar-refractivity contribution in [3.8, 4) is 5.75 Å². The van der Waals surface area contributed by atoms with Gasteiger partial charge in [-0.25, -0.2) is 4.39 Å². The Balaban J connectivity index is 1.38. The van der Waals surface area contributed by atoms with Crippen molar-refractivity contribution in [2.75, 3.05) is 18.5 Å². The van der Waals surface area contributed by atoms with E-state index in [2.05, 4.69) is 15.5 Å². The summed E-state index contributed by atoms with van der Waals surface area (Å²) < 4.78 is 18.6. The first kappa shape index (κ1) is 21.2. The molecule has 1 aromatic heterocycles. The lowest BCUT2D eigenvalue weighted by Gasteiger charge is -2.22. The highest BCUT2D eigenvalue weighted by atomic mass is 35.5. The minimum absolute atomic E-state index is 0.102. The van der Waals surface area contributed by atoms with E-state index in [9.17, 15) is 14.0 Å². The third-order valence-electron chi connectivity index (χ3n) is 4.77. The average Bonchev–Trinajstić information content (AvgIpc) is 3.44. The van der Waals surface area contributed by atoms with Gasteiger partial charge >= 0.3 is 0 Å². The van der Waals surface area contributed by atoms with Gasteiger partial charge in [0, 0.05) is 17.3 Å². The molecule has 7 nitrogen and oxygen atoms in total. The summed E-state index contributed by atoms with van der Waals surface area (Å²) in [5.41, 5.74) is 0.458. The highest BCUT2D eigenvalue weighted by Crippen LogP contribution is 2.34. The van der Waals surface area contributed by atoms with Crippen LogP contribution in [0.5, 0.6) is 5.75 Å². The van der Waals surface area contributed by atoms with Crippen molar-refractivity contribution in [1.82, 2.24) is 15.1 Å². The van der Waals surface area contributed by atoms with E-state index in [0.717, 1.165) is 24.2 Å². The number of carbonyl (C=O) groups excluding carboxylic acids is 2. The van der Waals surface area contributed by atoms with Crippen molar-refractivity contribution in [3.05, 3.63) is 69.4 Å². The molecule has 2 aromatic carbocycles. The highest BCUT2D eigenvalue weighted by Gasteiger charge is 2.33. The average molecular weight is 461 g/mol. The predicted molar refractivity (Wildman–Crippen MR) is 115 cm³/mol. The van der Waals surface area contributed by atoms with Crippen LogP contribution < -0.4 is 10.1 Å². The molecule has 0 bridgehead atoms. The van der Waals surface area contributed by atoms with Gasteiger partial charge in [0.05, 0.1) is 6.04 Å². The van der Waals surface area contributed by atoms with Gasteiger partial charge < -0.3 is 15.0 Å². The van der Waals surface area contributed by atoms with E-state index < -0.39 is 5.91 Å². The van der Waals surface area contributed by atoms with E-state index in [1.807, 2.05) is 0 Å². The molecule has 3 aromatic rings. The van der Waals surface area contributed by atoms with Gasteiger partial charge in [0.25, 0.3) is 11.8 Å². The lowest BCUT2D eigenvalue weighted by Crippen LogP contribution is -2.34. The molecule has 1 aliphatic rings. The third kappa shape index (κ3) is 5.18. The smallest absolute Gasteiger partial charge is 0.286 e. The molecule has 2 heterocycles. The number of aromatic nitrogens is 2. The molecule has 1 N–H and O–H groups in total. The van der Waals surface area contributed by atoms with Crippen molar-refractivity contribution in [2.24, 2.45) is 0 Å². The van der Waals surface area contributed by atoms with Crippen LogP contribution in [-0.4, -0.2) is 40.1 Å². The topological polar surface area (TPSA) is 84.4 Å². The van der Waals surface area contributed by atoms with Crippen molar-refractivity contribution in [3.63, 3.8) is 0 Å². The normalized spacial score (nSPS) is 15.7. The van der Waals surface area contributed by atoms with Gasteiger partial charge in [-0.05, 0) is 61.4 Å². The Bertz CT molecular complexity index is 1070. The first-order valence-electron chi connectivity index (χ1n) is 9.58. The highest BCUT2D eigenvalue weighted by molar-refractivity contribution is 7.13. The van der Waals surface area contributed by atoms with Crippen LogP contribution >= 0.6 is 22.9 Å². The number of likely N-dealkylation sites (tertiary alicyclic amines) is 1. The fourth-order valence-corrected chi connectivity index (χ4v) is 4.27. The summed E-state index contributed by atoms with van der Waals surface area (Å²) in [6, 6.07) is 12.0. The van der Waals surface area contributed by atoms with Gasteiger partial charge in [0.15, 0.2) is 6.61 Å². The number of hydrogen-bond donors (Lipinski definition) is 1. The Morgan fingerprint density at radius 2 is 1.90 bits per heavy atom. The minimum atomic E-state index is -0.433. The predicted octanol–water partition coefficient (Wildman–Crippen LogP) is 4.33. The number of nitrogens with one attached hydrogen (secondary N) is 1. The SMILES string of the molecule is O=C(Nc1ccc(F)cc1)c1nnc(C2CCCN2C(=O)COc2ccc(Cl)cc2)s1. The molecule has 1 atom stereocenters. The van der Waals surface area contributed by atoms with Crippen LogP contribution in [0.25, 0.3) is 0 Å². The van der Waals surface area contributed by atoms with Crippen LogP contribution in [0.4, 0.5) is 10.1 Å². The van der Waals surface area contributed by atoms with Crippen LogP contribution in [0.2, 0.25) is 5.02 Å². The second-order valence-corrected chi connectivity index (χ2v) is 8.34. The van der Waals surface area contributed by atoms with Crippen molar-refractivity contribution < 1.29 is 18.7 Å². The minimum Gasteiger partial charge on any atom is -0.484 e. The van der Waals surface area contributed by atoms with E-state index >= 15 is 0 Å². The molecule has 0 spiro atoms. The zero-order chi connectivity index (χ0) is 21.8. The molecule has 1 aliphatic heterocycles. The van der Waals surface area contributed by atoms with E-state index in [1.165, 1.54) is 24.3 Å². The lowest BCUT2D eigenvalue weighted by molar-refractivity contribution is -0.134. The number of ether oxygens (including phenoxy) is 1. The summed E-state index contributed by atoms with van der Waals surface area (Å²) in [5.74, 6) is -0.423. The van der Waals surface area contributed by atoms with E-state index in [0.29, 0.717) is 28.0 Å². The fraction of sp³-hybridized carbons (Fsp3) is 0.238. The molecule has 0 aliphatic carbocycles. The van der Waals surface area contributed by atoms with Crippen LogP contribution in [0.3, 0.4) is 0 Å². The van der Waals surface area contributed by atoms with Gasteiger partial charge in [0.1, 0.15) is 16.6 Å². The van der Waals surface area contributed by atoms with Gasteiger partial charge in [-0.2, -0.15) is 0 Å². The van der Waals surface area contributed by atoms with Crippen LogP contribution in [0.15, 0.2) is 48.5 Å².